The van der Waals surface area contributed by atoms with E-state index in [0.717, 1.165) is 24.5 Å². The Hall–Kier alpha value is -1.77. The molecule has 2 aromatic rings. The average Bonchev–Trinajstić information content (AvgIpc) is 2.27. The smallest absolute Gasteiger partial charge is 0.339 e. The Bertz CT molecular complexity index is 581. The van der Waals surface area contributed by atoms with Crippen LogP contribution >= 0.6 is 0 Å². The van der Waals surface area contributed by atoms with Crippen LogP contribution < -0.4 is 5.63 Å². The summed E-state index contributed by atoms with van der Waals surface area (Å²) >= 11 is 0. The summed E-state index contributed by atoms with van der Waals surface area (Å²) in [7, 11) is 0. The standard InChI is InChI=1S/C13H14O3/c1-3-8-5-10-11(14)7-13(15)16-12(10)6-9(8)4-2/h5-7,14H,3-4H2,1-2H3. The van der Waals surface area contributed by atoms with E-state index in [1.807, 2.05) is 12.1 Å². The molecule has 0 radical (unpaired) electrons. The fourth-order valence-electron chi connectivity index (χ4n) is 1.94. The van der Waals surface area contributed by atoms with Crippen molar-refractivity contribution < 1.29 is 9.52 Å². The summed E-state index contributed by atoms with van der Waals surface area (Å²) in [5.74, 6) is -0.0106. The average molecular weight is 218 g/mol. The second kappa shape index (κ2) is 4.00. The number of fused-ring (bicyclic) bond motifs is 1. The van der Waals surface area contributed by atoms with Crippen molar-refractivity contribution in [3.8, 4) is 5.75 Å². The Labute approximate surface area is 93.3 Å². The normalized spacial score (nSPS) is 10.9. The maximum atomic E-state index is 11.1. The van der Waals surface area contributed by atoms with Crippen LogP contribution in [0.4, 0.5) is 0 Å². The Morgan fingerprint density at radius 3 is 2.38 bits per heavy atom. The third kappa shape index (κ3) is 1.69. The Balaban J connectivity index is 2.83. The van der Waals surface area contributed by atoms with Gasteiger partial charge in [-0.1, -0.05) is 13.8 Å². The lowest BCUT2D eigenvalue weighted by molar-refractivity contribution is 0.468. The number of hydrogen-bond acceptors (Lipinski definition) is 3. The van der Waals surface area contributed by atoms with Gasteiger partial charge in [-0.15, -0.1) is 0 Å². The molecule has 0 unspecified atom stereocenters. The first-order valence-electron chi connectivity index (χ1n) is 5.44. The zero-order chi connectivity index (χ0) is 11.7. The molecular formula is C13H14O3. The summed E-state index contributed by atoms with van der Waals surface area (Å²) in [4.78, 5) is 11.1. The molecule has 0 aliphatic rings. The van der Waals surface area contributed by atoms with Crippen LogP contribution in [0.2, 0.25) is 0 Å². The van der Waals surface area contributed by atoms with E-state index in [-0.39, 0.29) is 5.75 Å². The van der Waals surface area contributed by atoms with Crippen LogP contribution in [-0.4, -0.2) is 5.11 Å². The van der Waals surface area contributed by atoms with Gasteiger partial charge in [-0.25, -0.2) is 4.79 Å². The molecule has 1 heterocycles. The SMILES string of the molecule is CCc1cc2oc(=O)cc(O)c2cc1CC. The molecule has 0 atom stereocenters. The highest BCUT2D eigenvalue weighted by atomic mass is 16.4. The molecule has 3 nitrogen and oxygen atoms in total. The van der Waals surface area contributed by atoms with Gasteiger partial charge in [-0.2, -0.15) is 0 Å². The molecule has 0 aliphatic carbocycles. The summed E-state index contributed by atoms with van der Waals surface area (Å²) < 4.78 is 5.07. The zero-order valence-corrected chi connectivity index (χ0v) is 9.41. The summed E-state index contributed by atoms with van der Waals surface area (Å²) in [5, 5.41) is 10.3. The minimum Gasteiger partial charge on any atom is -0.507 e. The molecule has 3 heteroatoms. The van der Waals surface area contributed by atoms with Gasteiger partial charge in [0.05, 0.1) is 11.5 Å². The third-order valence-corrected chi connectivity index (χ3v) is 2.80. The van der Waals surface area contributed by atoms with Gasteiger partial charge >= 0.3 is 5.63 Å². The largest absolute Gasteiger partial charge is 0.507 e. The number of aryl methyl sites for hydroxylation is 2. The van der Waals surface area contributed by atoms with Gasteiger partial charge in [0.15, 0.2) is 0 Å². The van der Waals surface area contributed by atoms with Crippen LogP contribution in [0.5, 0.6) is 5.75 Å². The first-order valence-corrected chi connectivity index (χ1v) is 5.44. The molecule has 0 bridgehead atoms. The highest BCUT2D eigenvalue weighted by Gasteiger charge is 2.08. The first-order chi connectivity index (χ1) is 7.65. The van der Waals surface area contributed by atoms with Crippen LogP contribution in [0, 0.1) is 0 Å². The highest BCUT2D eigenvalue weighted by molar-refractivity contribution is 5.84. The second-order valence-electron chi connectivity index (χ2n) is 3.77. The number of rotatable bonds is 2. The van der Waals surface area contributed by atoms with Gasteiger partial charge in [-0.3, -0.25) is 0 Å². The van der Waals surface area contributed by atoms with Gasteiger partial charge in [0, 0.05) is 0 Å². The Morgan fingerprint density at radius 2 is 1.75 bits per heavy atom. The van der Waals surface area contributed by atoms with Crippen molar-refractivity contribution in [2.24, 2.45) is 0 Å². The van der Waals surface area contributed by atoms with E-state index in [4.69, 9.17) is 4.42 Å². The van der Waals surface area contributed by atoms with Crippen LogP contribution in [0.1, 0.15) is 25.0 Å². The monoisotopic (exact) mass is 218 g/mol. The molecule has 0 fully saturated rings. The number of benzene rings is 1. The van der Waals surface area contributed by atoms with Gasteiger partial charge < -0.3 is 9.52 Å². The van der Waals surface area contributed by atoms with Crippen LogP contribution in [0.25, 0.3) is 11.0 Å². The molecule has 0 saturated heterocycles. The molecule has 1 aromatic carbocycles. The van der Waals surface area contributed by atoms with E-state index < -0.39 is 5.63 Å². The predicted octanol–water partition coefficient (Wildman–Crippen LogP) is 2.62. The topological polar surface area (TPSA) is 50.4 Å². The molecule has 16 heavy (non-hydrogen) atoms. The maximum absolute atomic E-state index is 11.1. The van der Waals surface area contributed by atoms with Crippen molar-refractivity contribution in [3.63, 3.8) is 0 Å². The van der Waals surface area contributed by atoms with Gasteiger partial charge in [0.2, 0.25) is 0 Å². The fourth-order valence-corrected chi connectivity index (χ4v) is 1.94. The van der Waals surface area contributed by atoms with E-state index in [1.54, 1.807) is 0 Å². The van der Waals surface area contributed by atoms with E-state index >= 15 is 0 Å². The molecule has 84 valence electrons. The first kappa shape index (κ1) is 10.7. The Kier molecular flexibility index (Phi) is 2.69. The minimum absolute atomic E-state index is 0.0106. The quantitative estimate of drug-likeness (QED) is 0.788. The predicted molar refractivity (Wildman–Crippen MR) is 62.9 cm³/mol. The van der Waals surface area contributed by atoms with Gasteiger partial charge in [0.1, 0.15) is 11.3 Å². The zero-order valence-electron chi connectivity index (χ0n) is 9.41. The van der Waals surface area contributed by atoms with Gasteiger partial charge in [0.25, 0.3) is 0 Å². The van der Waals surface area contributed by atoms with E-state index in [9.17, 15) is 9.90 Å². The van der Waals surface area contributed by atoms with Crippen molar-refractivity contribution in [1.82, 2.24) is 0 Å². The lowest BCUT2D eigenvalue weighted by atomic mass is 10.0. The second-order valence-corrected chi connectivity index (χ2v) is 3.77. The van der Waals surface area contributed by atoms with Crippen LogP contribution in [0.3, 0.4) is 0 Å². The summed E-state index contributed by atoms with van der Waals surface area (Å²) in [5.41, 5.74) is 2.28. The maximum Gasteiger partial charge on any atom is 0.339 e. The highest BCUT2D eigenvalue weighted by Crippen LogP contribution is 2.26. The molecule has 0 saturated carbocycles. The summed E-state index contributed by atoms with van der Waals surface area (Å²) in [6.45, 7) is 4.12. The van der Waals surface area contributed by atoms with Crippen molar-refractivity contribution in [3.05, 3.63) is 39.7 Å². The minimum atomic E-state index is -0.517. The summed E-state index contributed by atoms with van der Waals surface area (Å²) in [6, 6.07) is 4.84. The molecule has 1 aromatic heterocycles. The van der Waals surface area contributed by atoms with E-state index in [1.165, 1.54) is 5.56 Å². The lowest BCUT2D eigenvalue weighted by Gasteiger charge is -2.07. The molecular weight excluding hydrogens is 204 g/mol. The van der Waals surface area contributed by atoms with Crippen LogP contribution in [0.15, 0.2) is 27.4 Å². The van der Waals surface area contributed by atoms with Crippen molar-refractivity contribution in [2.45, 2.75) is 26.7 Å². The third-order valence-electron chi connectivity index (χ3n) is 2.80. The van der Waals surface area contributed by atoms with Crippen molar-refractivity contribution in [2.75, 3.05) is 0 Å². The van der Waals surface area contributed by atoms with Gasteiger partial charge in [-0.05, 0) is 36.1 Å². The van der Waals surface area contributed by atoms with E-state index in [2.05, 4.69) is 13.8 Å². The molecule has 0 spiro atoms. The number of aromatic hydroxyl groups is 1. The molecule has 2 rings (SSSR count). The molecule has 1 N–H and O–H groups in total. The lowest BCUT2D eigenvalue weighted by Crippen LogP contribution is -1.98. The van der Waals surface area contributed by atoms with Crippen molar-refractivity contribution >= 4 is 11.0 Å². The van der Waals surface area contributed by atoms with E-state index in [0.29, 0.717) is 11.0 Å². The Morgan fingerprint density at radius 1 is 1.12 bits per heavy atom. The van der Waals surface area contributed by atoms with Crippen molar-refractivity contribution in [1.29, 1.82) is 0 Å². The molecule has 0 aliphatic heterocycles. The fraction of sp³-hybridized carbons (Fsp3) is 0.308. The number of hydrogen-bond donors (Lipinski definition) is 1. The molecule has 0 amide bonds. The van der Waals surface area contributed by atoms with Crippen LogP contribution in [-0.2, 0) is 12.8 Å². The summed E-state index contributed by atoms with van der Waals surface area (Å²) in [6.07, 6.45) is 1.79.